The monoisotopic (exact) mass is 261 g/mol. The first-order valence-electron chi connectivity index (χ1n) is 6.30. The molecule has 0 unspecified atom stereocenters. The maximum Gasteiger partial charge on any atom is 0.224 e. The van der Waals surface area contributed by atoms with Crippen molar-refractivity contribution >= 4 is 11.6 Å². The van der Waals surface area contributed by atoms with Crippen molar-refractivity contribution in [3.8, 4) is 0 Å². The van der Waals surface area contributed by atoms with Gasteiger partial charge in [0.1, 0.15) is 17.3 Å². The van der Waals surface area contributed by atoms with E-state index in [4.69, 9.17) is 4.42 Å². The molecule has 3 nitrogen and oxygen atoms in total. The SMILES string of the molecule is CCc1ccc(CCC(=O)Nc2ccc(F)cc2)o1. The van der Waals surface area contributed by atoms with Crippen LogP contribution in [0.1, 0.15) is 24.9 Å². The Labute approximate surface area is 111 Å². The Kier molecular flexibility index (Phi) is 4.34. The number of aryl methyl sites for hydroxylation is 2. The van der Waals surface area contributed by atoms with Gasteiger partial charge in [0.2, 0.25) is 5.91 Å². The largest absolute Gasteiger partial charge is 0.466 e. The molecule has 1 N–H and O–H groups in total. The van der Waals surface area contributed by atoms with E-state index in [0.717, 1.165) is 17.9 Å². The quantitative estimate of drug-likeness (QED) is 0.894. The van der Waals surface area contributed by atoms with Crippen LogP contribution in [0.15, 0.2) is 40.8 Å². The average Bonchev–Trinajstić information content (AvgIpc) is 2.87. The van der Waals surface area contributed by atoms with Crippen LogP contribution in [0.3, 0.4) is 0 Å². The molecule has 1 amide bonds. The first-order valence-corrected chi connectivity index (χ1v) is 6.30. The number of rotatable bonds is 5. The van der Waals surface area contributed by atoms with E-state index in [2.05, 4.69) is 5.32 Å². The van der Waals surface area contributed by atoms with Crippen molar-refractivity contribution in [3.05, 3.63) is 53.7 Å². The van der Waals surface area contributed by atoms with Gasteiger partial charge in [-0.1, -0.05) is 6.92 Å². The van der Waals surface area contributed by atoms with E-state index in [1.807, 2.05) is 19.1 Å². The second-order valence-corrected chi connectivity index (χ2v) is 4.28. The molecular formula is C15H16FNO2. The second-order valence-electron chi connectivity index (χ2n) is 4.28. The van der Waals surface area contributed by atoms with Crippen LogP contribution in [0.2, 0.25) is 0 Å². The Balaban J connectivity index is 1.82. The van der Waals surface area contributed by atoms with Crippen molar-refractivity contribution in [2.45, 2.75) is 26.2 Å². The number of hydrogen-bond acceptors (Lipinski definition) is 2. The topological polar surface area (TPSA) is 42.2 Å². The molecule has 0 saturated carbocycles. The van der Waals surface area contributed by atoms with Gasteiger partial charge in [-0.15, -0.1) is 0 Å². The normalized spacial score (nSPS) is 10.4. The van der Waals surface area contributed by atoms with Crippen LogP contribution in [0.25, 0.3) is 0 Å². The fraction of sp³-hybridized carbons (Fsp3) is 0.267. The maximum atomic E-state index is 12.7. The maximum absolute atomic E-state index is 12.7. The molecule has 2 aromatic rings. The van der Waals surface area contributed by atoms with Gasteiger partial charge in [-0.25, -0.2) is 4.39 Å². The van der Waals surface area contributed by atoms with Gasteiger partial charge in [-0.2, -0.15) is 0 Å². The minimum Gasteiger partial charge on any atom is -0.466 e. The summed E-state index contributed by atoms with van der Waals surface area (Å²) in [6.45, 7) is 2.02. The van der Waals surface area contributed by atoms with Gasteiger partial charge in [0.15, 0.2) is 0 Å². The lowest BCUT2D eigenvalue weighted by atomic mass is 10.2. The molecule has 1 heterocycles. The number of benzene rings is 1. The third-order valence-electron chi connectivity index (χ3n) is 2.79. The molecule has 0 aliphatic heterocycles. The highest BCUT2D eigenvalue weighted by Crippen LogP contribution is 2.12. The number of carbonyl (C=O) groups excluding carboxylic acids is 1. The second kappa shape index (κ2) is 6.18. The van der Waals surface area contributed by atoms with E-state index >= 15 is 0 Å². The number of furan rings is 1. The summed E-state index contributed by atoms with van der Waals surface area (Å²) in [4.78, 5) is 11.7. The lowest BCUT2D eigenvalue weighted by Gasteiger charge is -2.04. The fourth-order valence-electron chi connectivity index (χ4n) is 1.74. The summed E-state index contributed by atoms with van der Waals surface area (Å²) in [5.41, 5.74) is 0.597. The van der Waals surface area contributed by atoms with Crippen molar-refractivity contribution < 1.29 is 13.6 Å². The van der Waals surface area contributed by atoms with Crippen LogP contribution in [0.5, 0.6) is 0 Å². The minimum absolute atomic E-state index is 0.110. The molecule has 1 aromatic heterocycles. The first kappa shape index (κ1) is 13.3. The summed E-state index contributed by atoms with van der Waals surface area (Å²) in [6.07, 6.45) is 1.75. The molecule has 100 valence electrons. The van der Waals surface area contributed by atoms with Gasteiger partial charge in [-0.05, 0) is 36.4 Å². The number of nitrogens with one attached hydrogen (secondary N) is 1. The zero-order valence-corrected chi connectivity index (χ0v) is 10.8. The Bertz CT molecular complexity index is 546. The number of halogens is 1. The molecule has 0 saturated heterocycles. The molecule has 0 aliphatic rings. The highest BCUT2D eigenvalue weighted by atomic mass is 19.1. The van der Waals surface area contributed by atoms with Gasteiger partial charge >= 0.3 is 0 Å². The molecule has 4 heteroatoms. The van der Waals surface area contributed by atoms with Crippen LogP contribution >= 0.6 is 0 Å². The fourth-order valence-corrected chi connectivity index (χ4v) is 1.74. The minimum atomic E-state index is -0.319. The van der Waals surface area contributed by atoms with E-state index in [9.17, 15) is 9.18 Å². The lowest BCUT2D eigenvalue weighted by molar-refractivity contribution is -0.116. The molecule has 0 aliphatic carbocycles. The number of amides is 1. The average molecular weight is 261 g/mol. The van der Waals surface area contributed by atoms with Crippen LogP contribution in [0.4, 0.5) is 10.1 Å². The van der Waals surface area contributed by atoms with Crippen LogP contribution in [-0.2, 0) is 17.6 Å². The summed E-state index contributed by atoms with van der Waals surface area (Å²) in [5.74, 6) is 1.31. The zero-order valence-electron chi connectivity index (χ0n) is 10.8. The zero-order chi connectivity index (χ0) is 13.7. The van der Waals surface area contributed by atoms with Crippen molar-refractivity contribution in [1.29, 1.82) is 0 Å². The summed E-state index contributed by atoms with van der Waals surface area (Å²) >= 11 is 0. The van der Waals surface area contributed by atoms with E-state index in [1.54, 1.807) is 0 Å². The van der Waals surface area contributed by atoms with Gasteiger partial charge in [0.25, 0.3) is 0 Å². The summed E-state index contributed by atoms with van der Waals surface area (Å²) in [6, 6.07) is 9.52. The molecule has 1 aromatic carbocycles. The number of anilines is 1. The molecule has 0 radical (unpaired) electrons. The van der Waals surface area contributed by atoms with Crippen LogP contribution in [-0.4, -0.2) is 5.91 Å². The van der Waals surface area contributed by atoms with E-state index in [0.29, 0.717) is 18.5 Å². The predicted octanol–water partition coefficient (Wildman–Crippen LogP) is 3.55. The predicted molar refractivity (Wildman–Crippen MR) is 71.4 cm³/mol. The van der Waals surface area contributed by atoms with E-state index < -0.39 is 0 Å². The highest BCUT2D eigenvalue weighted by Gasteiger charge is 2.06. The molecule has 0 fully saturated rings. The van der Waals surface area contributed by atoms with Crippen molar-refractivity contribution in [2.75, 3.05) is 5.32 Å². The molecule has 0 spiro atoms. The third-order valence-corrected chi connectivity index (χ3v) is 2.79. The van der Waals surface area contributed by atoms with Gasteiger partial charge in [-0.3, -0.25) is 4.79 Å². The Morgan fingerprint density at radius 3 is 2.47 bits per heavy atom. The van der Waals surface area contributed by atoms with Gasteiger partial charge in [0, 0.05) is 24.9 Å². The highest BCUT2D eigenvalue weighted by molar-refractivity contribution is 5.90. The van der Waals surface area contributed by atoms with E-state index in [-0.39, 0.29) is 11.7 Å². The number of carbonyl (C=O) groups is 1. The van der Waals surface area contributed by atoms with Gasteiger partial charge < -0.3 is 9.73 Å². The summed E-state index contributed by atoms with van der Waals surface area (Å²) in [7, 11) is 0. The van der Waals surface area contributed by atoms with Crippen molar-refractivity contribution in [3.63, 3.8) is 0 Å². The first-order chi connectivity index (χ1) is 9.17. The molecule has 0 bridgehead atoms. The van der Waals surface area contributed by atoms with E-state index in [1.165, 1.54) is 24.3 Å². The van der Waals surface area contributed by atoms with Crippen LogP contribution < -0.4 is 5.32 Å². The smallest absolute Gasteiger partial charge is 0.224 e. The summed E-state index contributed by atoms with van der Waals surface area (Å²) in [5, 5.41) is 2.71. The standard InChI is InChI=1S/C15H16FNO2/c1-2-13-7-8-14(19-13)9-10-15(18)17-12-5-3-11(16)4-6-12/h3-8H,2,9-10H2,1H3,(H,17,18). The van der Waals surface area contributed by atoms with Crippen LogP contribution in [0, 0.1) is 5.82 Å². The van der Waals surface area contributed by atoms with Gasteiger partial charge in [0.05, 0.1) is 0 Å². The molecule has 0 atom stereocenters. The Morgan fingerprint density at radius 1 is 1.16 bits per heavy atom. The molecule has 19 heavy (non-hydrogen) atoms. The number of hydrogen-bond donors (Lipinski definition) is 1. The Hall–Kier alpha value is -2.10. The lowest BCUT2D eigenvalue weighted by Crippen LogP contribution is -2.12. The Morgan fingerprint density at radius 2 is 1.84 bits per heavy atom. The molecule has 2 rings (SSSR count). The molecular weight excluding hydrogens is 245 g/mol. The van der Waals surface area contributed by atoms with Crippen molar-refractivity contribution in [2.24, 2.45) is 0 Å². The third kappa shape index (κ3) is 3.95. The summed E-state index contributed by atoms with van der Waals surface area (Å²) < 4.78 is 18.2. The van der Waals surface area contributed by atoms with Crippen molar-refractivity contribution in [1.82, 2.24) is 0 Å².